The summed E-state index contributed by atoms with van der Waals surface area (Å²) in [6, 6.07) is 11.7. The van der Waals surface area contributed by atoms with Gasteiger partial charge < -0.3 is 9.97 Å². The molecule has 20 heavy (non-hydrogen) atoms. The fourth-order valence-corrected chi connectivity index (χ4v) is 1.92. The van der Waals surface area contributed by atoms with E-state index in [4.69, 9.17) is 0 Å². The Bertz CT molecular complexity index is 679. The molecule has 3 aromatic rings. The van der Waals surface area contributed by atoms with Crippen LogP contribution in [0, 0.1) is 6.92 Å². The molecule has 0 radical (unpaired) electrons. The minimum absolute atomic E-state index is 0. The molecule has 0 amide bonds. The third-order valence-corrected chi connectivity index (χ3v) is 2.79. The number of aromatic nitrogens is 4. The third-order valence-electron chi connectivity index (χ3n) is 2.79. The van der Waals surface area contributed by atoms with Crippen molar-refractivity contribution in [2.45, 2.75) is 13.3 Å². The number of rotatable bonds is 3. The molecule has 3 rings (SSSR count). The summed E-state index contributed by atoms with van der Waals surface area (Å²) in [7, 11) is 0. The van der Waals surface area contributed by atoms with E-state index in [1.54, 1.807) is 12.4 Å². The Hall–Kier alpha value is -1.97. The summed E-state index contributed by atoms with van der Waals surface area (Å²) in [5.74, 6) is 0.670. The van der Waals surface area contributed by atoms with Crippen LogP contribution in [0.1, 0.15) is 17.1 Å². The molecule has 0 bridgehead atoms. The first-order valence-electron chi connectivity index (χ1n) is 6.14. The summed E-state index contributed by atoms with van der Waals surface area (Å²) in [4.78, 5) is 17.5. The van der Waals surface area contributed by atoms with Crippen LogP contribution in [-0.2, 0) is 23.5 Å². The van der Waals surface area contributed by atoms with Crippen LogP contribution in [-0.4, -0.2) is 15.0 Å². The fourth-order valence-electron chi connectivity index (χ4n) is 1.92. The van der Waals surface area contributed by atoms with Crippen LogP contribution in [0.4, 0.5) is 0 Å². The van der Waals surface area contributed by atoms with Crippen LogP contribution >= 0.6 is 0 Å². The fraction of sp³-hybridized carbons (Fsp3) is 0.133. The van der Waals surface area contributed by atoms with Gasteiger partial charge in [-0.05, 0) is 37.0 Å². The summed E-state index contributed by atoms with van der Waals surface area (Å²) < 4.78 is 0. The molecule has 104 valence electrons. The van der Waals surface area contributed by atoms with Crippen molar-refractivity contribution in [1.82, 2.24) is 19.9 Å². The molecular formula is C15H13CuN4. The maximum Gasteiger partial charge on any atom is 1.00 e. The van der Waals surface area contributed by atoms with Gasteiger partial charge in [-0.2, -0.15) is 0 Å². The zero-order valence-corrected chi connectivity index (χ0v) is 11.9. The van der Waals surface area contributed by atoms with Gasteiger partial charge in [0.1, 0.15) is 0 Å². The number of nitrogens with zero attached hydrogens (tertiary/aromatic N) is 4. The van der Waals surface area contributed by atoms with Gasteiger partial charge in [-0.3, -0.25) is 9.97 Å². The molecule has 0 aliphatic rings. The van der Waals surface area contributed by atoms with Crippen molar-refractivity contribution in [1.29, 1.82) is 0 Å². The van der Waals surface area contributed by atoms with E-state index in [-0.39, 0.29) is 17.1 Å². The molecule has 0 unspecified atom stereocenters. The Kier molecular flexibility index (Phi) is 4.66. The SMILES string of the molecule is Cc1cccc(Cc2cnc(-c3ccccn3)[n-]2)n1.[Cu+]. The molecule has 0 aliphatic heterocycles. The molecule has 3 heterocycles. The Morgan fingerprint density at radius 3 is 2.70 bits per heavy atom. The molecule has 0 N–H and O–H groups in total. The molecule has 0 aliphatic carbocycles. The predicted molar refractivity (Wildman–Crippen MR) is 72.6 cm³/mol. The number of pyridine rings is 2. The standard InChI is InChI=1S/C15H13N4.Cu/c1-11-5-4-6-12(18-11)9-13-10-17-15(19-13)14-7-2-3-8-16-14;/h2-8,10H,9H2,1H3;/q-1;+1. The molecule has 0 aromatic carbocycles. The van der Waals surface area contributed by atoms with Gasteiger partial charge in [0.2, 0.25) is 0 Å². The van der Waals surface area contributed by atoms with Crippen LogP contribution in [0.25, 0.3) is 11.5 Å². The summed E-state index contributed by atoms with van der Waals surface area (Å²) in [5.41, 5.74) is 3.74. The van der Waals surface area contributed by atoms with Gasteiger partial charge in [0.25, 0.3) is 0 Å². The Balaban J connectivity index is 0.00000147. The summed E-state index contributed by atoms with van der Waals surface area (Å²) >= 11 is 0. The second-order valence-electron chi connectivity index (χ2n) is 4.35. The van der Waals surface area contributed by atoms with Gasteiger partial charge in [-0.25, -0.2) is 0 Å². The van der Waals surface area contributed by atoms with E-state index >= 15 is 0 Å². The van der Waals surface area contributed by atoms with Crippen LogP contribution in [0.3, 0.4) is 0 Å². The van der Waals surface area contributed by atoms with Crippen molar-refractivity contribution in [3.63, 3.8) is 0 Å². The Morgan fingerprint density at radius 1 is 1.05 bits per heavy atom. The zero-order chi connectivity index (χ0) is 13.1. The maximum absolute atomic E-state index is 4.49. The van der Waals surface area contributed by atoms with E-state index in [0.717, 1.165) is 22.8 Å². The smallest absolute Gasteiger partial charge is 0.441 e. The van der Waals surface area contributed by atoms with Crippen molar-refractivity contribution in [3.8, 4) is 11.5 Å². The second-order valence-corrected chi connectivity index (χ2v) is 4.35. The minimum Gasteiger partial charge on any atom is -0.441 e. The number of hydrogen-bond donors (Lipinski definition) is 0. The Morgan fingerprint density at radius 2 is 1.95 bits per heavy atom. The third kappa shape index (κ3) is 3.32. The first kappa shape index (κ1) is 14.4. The van der Waals surface area contributed by atoms with Crippen LogP contribution in [0.2, 0.25) is 0 Å². The van der Waals surface area contributed by atoms with Crippen LogP contribution in [0.15, 0.2) is 48.8 Å². The van der Waals surface area contributed by atoms with Crippen molar-refractivity contribution < 1.29 is 17.1 Å². The number of imidazole rings is 1. The van der Waals surface area contributed by atoms with Crippen LogP contribution < -0.4 is 4.98 Å². The summed E-state index contributed by atoms with van der Waals surface area (Å²) in [5, 5.41) is 0. The first-order chi connectivity index (χ1) is 9.31. The summed E-state index contributed by atoms with van der Waals surface area (Å²) in [6.45, 7) is 1.99. The van der Waals surface area contributed by atoms with Gasteiger partial charge in [-0.1, -0.05) is 24.0 Å². The molecule has 3 aromatic heterocycles. The molecule has 0 saturated carbocycles. The maximum atomic E-state index is 4.49. The largest absolute Gasteiger partial charge is 1.00 e. The van der Waals surface area contributed by atoms with Crippen molar-refractivity contribution in [2.24, 2.45) is 0 Å². The topological polar surface area (TPSA) is 52.8 Å². The molecule has 0 saturated heterocycles. The second kappa shape index (κ2) is 6.46. The molecule has 0 fully saturated rings. The van der Waals surface area contributed by atoms with Crippen molar-refractivity contribution >= 4 is 0 Å². The molecule has 0 atom stereocenters. The van der Waals surface area contributed by atoms with E-state index in [1.807, 2.05) is 43.3 Å². The van der Waals surface area contributed by atoms with E-state index in [2.05, 4.69) is 19.9 Å². The molecule has 5 heteroatoms. The quantitative estimate of drug-likeness (QED) is 0.697. The normalized spacial score (nSPS) is 10.1. The number of hydrogen-bond acceptors (Lipinski definition) is 3. The van der Waals surface area contributed by atoms with Gasteiger partial charge in [-0.15, -0.1) is 0 Å². The monoisotopic (exact) mass is 312 g/mol. The average molecular weight is 313 g/mol. The van der Waals surface area contributed by atoms with Gasteiger partial charge in [0.15, 0.2) is 0 Å². The van der Waals surface area contributed by atoms with Crippen LogP contribution in [0.5, 0.6) is 0 Å². The van der Waals surface area contributed by atoms with E-state index in [0.29, 0.717) is 12.2 Å². The van der Waals surface area contributed by atoms with E-state index in [9.17, 15) is 0 Å². The molecule has 4 nitrogen and oxygen atoms in total. The van der Waals surface area contributed by atoms with Crippen molar-refractivity contribution in [3.05, 3.63) is 65.9 Å². The Labute approximate surface area is 128 Å². The predicted octanol–water partition coefficient (Wildman–Crippen LogP) is 2.39. The van der Waals surface area contributed by atoms with Gasteiger partial charge >= 0.3 is 17.1 Å². The minimum atomic E-state index is 0. The van der Waals surface area contributed by atoms with Gasteiger partial charge in [0, 0.05) is 24.0 Å². The zero-order valence-electron chi connectivity index (χ0n) is 10.9. The molecular weight excluding hydrogens is 300 g/mol. The van der Waals surface area contributed by atoms with E-state index in [1.165, 1.54) is 0 Å². The van der Waals surface area contributed by atoms with Gasteiger partial charge in [0.05, 0.1) is 5.69 Å². The van der Waals surface area contributed by atoms with E-state index < -0.39 is 0 Å². The first-order valence-corrected chi connectivity index (χ1v) is 6.14. The summed E-state index contributed by atoms with van der Waals surface area (Å²) in [6.07, 6.45) is 4.23. The molecule has 0 spiro atoms. The average Bonchev–Trinajstić information content (AvgIpc) is 2.88. The number of aryl methyl sites for hydroxylation is 1. The van der Waals surface area contributed by atoms with Crippen molar-refractivity contribution in [2.75, 3.05) is 0 Å².